The van der Waals surface area contributed by atoms with E-state index in [0.29, 0.717) is 18.1 Å². The van der Waals surface area contributed by atoms with E-state index in [4.69, 9.17) is 22.0 Å². The predicted octanol–water partition coefficient (Wildman–Crippen LogP) is 6.18. The van der Waals surface area contributed by atoms with Gasteiger partial charge >= 0.3 is 0 Å². The molecule has 4 rings (SSSR count). The Hall–Kier alpha value is -1.50. The fraction of sp³-hybridized carbons (Fsp3) is 0.583. The Morgan fingerprint density at radius 3 is 2.84 bits per heavy atom. The molecule has 1 aromatic heterocycles. The van der Waals surface area contributed by atoms with Gasteiger partial charge in [0, 0.05) is 40.4 Å². The van der Waals surface area contributed by atoms with Crippen molar-refractivity contribution in [3.63, 3.8) is 0 Å². The molecule has 2 aliphatic rings. The number of fused-ring (bicyclic) bond motifs is 1. The van der Waals surface area contributed by atoms with Gasteiger partial charge in [-0.25, -0.2) is 0 Å². The summed E-state index contributed by atoms with van der Waals surface area (Å²) in [5, 5.41) is 15.0. The number of halogens is 1. The zero-order chi connectivity index (χ0) is 22.0. The Balaban J connectivity index is 1.43. The Labute approximate surface area is 194 Å². The van der Waals surface area contributed by atoms with Gasteiger partial charge < -0.3 is 20.6 Å². The van der Waals surface area contributed by atoms with Crippen molar-refractivity contribution in [2.45, 2.75) is 70.0 Å². The number of rotatable bonds is 9. The summed E-state index contributed by atoms with van der Waals surface area (Å²) < 4.78 is 0. The van der Waals surface area contributed by atoms with Crippen molar-refractivity contribution >= 4 is 50.7 Å². The molecule has 7 heteroatoms. The van der Waals surface area contributed by atoms with Gasteiger partial charge in [-0.2, -0.15) is 0 Å². The number of anilines is 1. The van der Waals surface area contributed by atoms with Crippen LogP contribution in [-0.4, -0.2) is 58.6 Å². The van der Waals surface area contributed by atoms with E-state index in [-0.39, 0.29) is 0 Å². The van der Waals surface area contributed by atoms with Gasteiger partial charge in [0.2, 0.25) is 0 Å². The van der Waals surface area contributed by atoms with Crippen LogP contribution >= 0.6 is 23.4 Å². The van der Waals surface area contributed by atoms with Crippen LogP contribution in [0.3, 0.4) is 0 Å². The quantitative estimate of drug-likeness (QED) is 0.392. The maximum atomic E-state index is 8.29. The lowest BCUT2D eigenvalue weighted by atomic mass is 10.0. The fourth-order valence-corrected chi connectivity index (χ4v) is 5.73. The molecule has 1 aliphatic carbocycles. The van der Waals surface area contributed by atoms with Crippen LogP contribution in [0.4, 0.5) is 5.69 Å². The standard InChI is InChI=1S/C24H34ClN5S/c1-15(30(2)3)10-18(26)8-9-20-14-31-24(28-20)22-12-16-11-17(25)13-21(23(16)29-22)27-19-6-4-5-7-19/h11-13,15,19-20,26-27,29H,4-10,14H2,1-3H3/t15-,20+/m1/s1. The maximum Gasteiger partial charge on any atom is 0.114 e. The van der Waals surface area contributed by atoms with Gasteiger partial charge in [0.15, 0.2) is 0 Å². The van der Waals surface area contributed by atoms with Crippen molar-refractivity contribution in [1.29, 1.82) is 5.41 Å². The van der Waals surface area contributed by atoms with Crippen molar-refractivity contribution in [3.8, 4) is 0 Å². The summed E-state index contributed by atoms with van der Waals surface area (Å²) in [6.45, 7) is 2.17. The number of nitrogens with one attached hydrogen (secondary N) is 3. The van der Waals surface area contributed by atoms with Gasteiger partial charge in [-0.3, -0.25) is 4.99 Å². The summed E-state index contributed by atoms with van der Waals surface area (Å²) in [5.74, 6) is 0.995. The molecule has 2 heterocycles. The Morgan fingerprint density at radius 2 is 2.10 bits per heavy atom. The van der Waals surface area contributed by atoms with E-state index in [9.17, 15) is 0 Å². The van der Waals surface area contributed by atoms with Crippen LogP contribution in [0.2, 0.25) is 5.02 Å². The summed E-state index contributed by atoms with van der Waals surface area (Å²) in [7, 11) is 4.15. The van der Waals surface area contributed by atoms with Crippen LogP contribution in [0.15, 0.2) is 23.2 Å². The van der Waals surface area contributed by atoms with Gasteiger partial charge in [-0.1, -0.05) is 24.4 Å². The van der Waals surface area contributed by atoms with Crippen LogP contribution in [-0.2, 0) is 0 Å². The summed E-state index contributed by atoms with van der Waals surface area (Å²) in [4.78, 5) is 10.8. The first kappa shape index (κ1) is 22.7. The number of hydrogen-bond acceptors (Lipinski definition) is 5. The zero-order valence-electron chi connectivity index (χ0n) is 18.8. The zero-order valence-corrected chi connectivity index (χ0v) is 20.4. The van der Waals surface area contributed by atoms with Gasteiger partial charge in [0.25, 0.3) is 0 Å². The van der Waals surface area contributed by atoms with Gasteiger partial charge in [0.1, 0.15) is 5.04 Å². The van der Waals surface area contributed by atoms with Gasteiger partial charge in [0.05, 0.1) is 22.9 Å². The first-order chi connectivity index (χ1) is 14.9. The van der Waals surface area contributed by atoms with Crippen molar-refractivity contribution in [2.24, 2.45) is 4.99 Å². The van der Waals surface area contributed by atoms with Gasteiger partial charge in [-0.05, 0) is 64.9 Å². The first-order valence-electron chi connectivity index (χ1n) is 11.4. The number of aromatic amines is 1. The molecule has 0 spiro atoms. The lowest BCUT2D eigenvalue weighted by Gasteiger charge is -2.20. The number of H-pyrrole nitrogens is 1. The summed E-state index contributed by atoms with van der Waals surface area (Å²) in [6.07, 6.45) is 7.69. The summed E-state index contributed by atoms with van der Waals surface area (Å²) in [5.41, 5.74) is 4.13. The summed E-state index contributed by atoms with van der Waals surface area (Å²) in [6, 6.07) is 7.49. The minimum atomic E-state index is 0.293. The topological polar surface area (TPSA) is 67.3 Å². The molecule has 3 N–H and O–H groups in total. The van der Waals surface area contributed by atoms with E-state index in [1.165, 1.54) is 25.7 Å². The molecule has 5 nitrogen and oxygen atoms in total. The minimum Gasteiger partial charge on any atom is -0.381 e. The average molecular weight is 460 g/mol. The number of hydrogen-bond donors (Lipinski definition) is 3. The van der Waals surface area contributed by atoms with E-state index in [2.05, 4.69) is 42.3 Å². The molecule has 0 bridgehead atoms. The van der Waals surface area contributed by atoms with E-state index >= 15 is 0 Å². The van der Waals surface area contributed by atoms with Crippen molar-refractivity contribution in [1.82, 2.24) is 9.88 Å². The molecule has 168 valence electrons. The van der Waals surface area contributed by atoms with Crippen molar-refractivity contribution in [2.75, 3.05) is 25.2 Å². The average Bonchev–Trinajstić information content (AvgIpc) is 3.46. The second-order valence-electron chi connectivity index (χ2n) is 9.28. The number of benzene rings is 1. The maximum absolute atomic E-state index is 8.29. The Bertz CT molecular complexity index is 960. The van der Waals surface area contributed by atoms with Crippen molar-refractivity contribution in [3.05, 3.63) is 28.9 Å². The third-order valence-electron chi connectivity index (χ3n) is 6.55. The highest BCUT2D eigenvalue weighted by atomic mass is 35.5. The smallest absolute Gasteiger partial charge is 0.114 e. The van der Waals surface area contributed by atoms with E-state index in [0.717, 1.165) is 63.1 Å². The first-order valence-corrected chi connectivity index (χ1v) is 12.8. The molecular formula is C24H34ClN5S. The number of thioether (sulfide) groups is 1. The largest absolute Gasteiger partial charge is 0.381 e. The van der Waals surface area contributed by atoms with Crippen LogP contribution in [0.25, 0.3) is 10.9 Å². The molecule has 1 fully saturated rings. The lowest BCUT2D eigenvalue weighted by molar-refractivity contribution is 0.320. The van der Waals surface area contributed by atoms with Crippen LogP contribution in [0, 0.1) is 5.41 Å². The highest BCUT2D eigenvalue weighted by Gasteiger charge is 2.23. The summed E-state index contributed by atoms with van der Waals surface area (Å²) >= 11 is 8.23. The predicted molar refractivity (Wildman–Crippen MR) is 137 cm³/mol. The molecule has 1 aromatic carbocycles. The molecule has 0 unspecified atom stereocenters. The fourth-order valence-electron chi connectivity index (χ4n) is 4.42. The normalized spacial score (nSPS) is 20.5. The van der Waals surface area contributed by atoms with Crippen LogP contribution in [0.1, 0.15) is 57.6 Å². The second kappa shape index (κ2) is 9.97. The van der Waals surface area contributed by atoms with E-state index in [1.54, 1.807) is 0 Å². The highest BCUT2D eigenvalue weighted by Crippen LogP contribution is 2.34. The SMILES string of the molecule is C[C@H](CC(=N)CC[C@H]1CSC(c2cc3cc(Cl)cc(NC4CCCC4)c3[nH]2)=N1)N(C)C. The Morgan fingerprint density at radius 1 is 1.32 bits per heavy atom. The minimum absolute atomic E-state index is 0.293. The molecule has 0 radical (unpaired) electrons. The molecular weight excluding hydrogens is 426 g/mol. The molecule has 2 aromatic rings. The number of aromatic nitrogens is 1. The van der Waals surface area contributed by atoms with Gasteiger partial charge in [-0.15, -0.1) is 11.8 Å². The third-order valence-corrected chi connectivity index (χ3v) is 7.92. The molecule has 1 saturated carbocycles. The number of aliphatic imine (C=N–C) groups is 1. The third kappa shape index (κ3) is 5.65. The molecule has 0 amide bonds. The molecule has 1 aliphatic heterocycles. The molecule has 0 saturated heterocycles. The van der Waals surface area contributed by atoms with Crippen molar-refractivity contribution < 1.29 is 0 Å². The number of nitrogens with zero attached hydrogens (tertiary/aromatic N) is 2. The lowest BCUT2D eigenvalue weighted by Crippen LogP contribution is -2.27. The Kier molecular flexibility index (Phi) is 7.29. The highest BCUT2D eigenvalue weighted by molar-refractivity contribution is 8.14. The van der Waals surface area contributed by atoms with Crippen LogP contribution in [0.5, 0.6) is 0 Å². The monoisotopic (exact) mass is 459 g/mol. The van der Waals surface area contributed by atoms with Crippen LogP contribution < -0.4 is 5.32 Å². The molecule has 2 atom stereocenters. The van der Waals surface area contributed by atoms with E-state index in [1.807, 2.05) is 23.9 Å². The molecule has 31 heavy (non-hydrogen) atoms. The second-order valence-corrected chi connectivity index (χ2v) is 10.7. The van der Waals surface area contributed by atoms with E-state index < -0.39 is 0 Å².